The number of H-pyrrole nitrogens is 1. The van der Waals surface area contributed by atoms with Gasteiger partial charge in [-0.3, -0.25) is 4.79 Å². The molecule has 12 heteroatoms. The minimum absolute atomic E-state index is 0.0200. The molecule has 1 aliphatic heterocycles. The van der Waals surface area contributed by atoms with Crippen LogP contribution < -0.4 is 20.5 Å². The molecule has 3 atom stereocenters. The smallest absolute Gasteiger partial charge is 0.329 e. The second kappa shape index (κ2) is 12.5. The molecule has 5 aromatic rings. The van der Waals surface area contributed by atoms with E-state index in [-0.39, 0.29) is 35.9 Å². The van der Waals surface area contributed by atoms with Crippen molar-refractivity contribution in [2.45, 2.75) is 37.4 Å². The molecule has 1 saturated heterocycles. The van der Waals surface area contributed by atoms with E-state index < -0.39 is 29.7 Å². The van der Waals surface area contributed by atoms with E-state index in [0.717, 1.165) is 16.7 Å². The first-order valence-corrected chi connectivity index (χ1v) is 14.4. The zero-order valence-corrected chi connectivity index (χ0v) is 25.0. The topological polar surface area (TPSA) is 150 Å². The van der Waals surface area contributed by atoms with Gasteiger partial charge < -0.3 is 34.4 Å². The number of methoxy groups -OCH3 is 2. The maximum absolute atomic E-state index is 13.1. The van der Waals surface area contributed by atoms with Gasteiger partial charge in [-0.25, -0.2) is 19.3 Å². The largest absolute Gasteiger partial charge is 0.497 e. The van der Waals surface area contributed by atoms with Gasteiger partial charge in [-0.15, -0.1) is 0 Å². The standard InChI is InChI=1S/C33H33N5O7/c1-20(39)36-30-29-31(35-19-34-30)38(32(41)37-29)28-17-26(40)27(45-28)18-44-33(21-7-5-4-6-8-21,22-9-13-24(42-2)14-10-22)23-11-15-25(43-3)16-12-23/h4-16,19,26-28,40H,17-18H2,1-3H3,(H,37,41)(H,34,35,36,39)/t26?,27-,28-/m1/s1. The number of aromatic nitrogens is 4. The molecule has 1 unspecified atom stereocenters. The van der Waals surface area contributed by atoms with Crippen LogP contribution in [0.25, 0.3) is 11.2 Å². The van der Waals surface area contributed by atoms with Crippen molar-refractivity contribution in [3.63, 3.8) is 0 Å². The second-order valence-corrected chi connectivity index (χ2v) is 10.6. The van der Waals surface area contributed by atoms with E-state index in [1.165, 1.54) is 17.8 Å². The summed E-state index contributed by atoms with van der Waals surface area (Å²) in [5.41, 5.74) is 1.41. The Balaban J connectivity index is 1.36. The van der Waals surface area contributed by atoms with Crippen LogP contribution in [0.4, 0.5) is 5.82 Å². The number of hydrogen-bond donors (Lipinski definition) is 3. The number of anilines is 1. The Bertz CT molecular complexity index is 1790. The van der Waals surface area contributed by atoms with E-state index in [0.29, 0.717) is 11.5 Å². The van der Waals surface area contributed by atoms with Crippen LogP contribution >= 0.6 is 0 Å². The maximum atomic E-state index is 13.1. The lowest BCUT2D eigenvalue weighted by Crippen LogP contribution is -2.38. The number of nitrogens with one attached hydrogen (secondary N) is 2. The number of amides is 1. The zero-order chi connectivity index (χ0) is 31.6. The monoisotopic (exact) mass is 611 g/mol. The first-order valence-electron chi connectivity index (χ1n) is 14.4. The molecule has 0 aliphatic carbocycles. The summed E-state index contributed by atoms with van der Waals surface area (Å²) in [5.74, 6) is 1.22. The first kappa shape index (κ1) is 30.0. The lowest BCUT2D eigenvalue weighted by Gasteiger charge is -2.37. The third-order valence-electron chi connectivity index (χ3n) is 7.93. The number of aliphatic hydroxyl groups excluding tert-OH is 1. The molecule has 3 N–H and O–H groups in total. The number of hydrogen-bond acceptors (Lipinski definition) is 9. The van der Waals surface area contributed by atoms with E-state index in [1.54, 1.807) is 14.2 Å². The number of aromatic amines is 1. The summed E-state index contributed by atoms with van der Waals surface area (Å²) in [4.78, 5) is 35.8. The minimum Gasteiger partial charge on any atom is -0.497 e. The number of ether oxygens (including phenoxy) is 4. The molecule has 232 valence electrons. The first-order chi connectivity index (χ1) is 21.8. The maximum Gasteiger partial charge on any atom is 0.329 e. The Morgan fingerprint density at radius 2 is 1.58 bits per heavy atom. The molecular weight excluding hydrogens is 578 g/mol. The quantitative estimate of drug-likeness (QED) is 0.201. The third kappa shape index (κ3) is 5.66. The molecule has 1 fully saturated rings. The number of aliphatic hydroxyl groups is 1. The lowest BCUT2D eigenvalue weighted by molar-refractivity contribution is -0.114. The lowest BCUT2D eigenvalue weighted by atomic mass is 9.80. The van der Waals surface area contributed by atoms with E-state index >= 15 is 0 Å². The summed E-state index contributed by atoms with van der Waals surface area (Å²) in [6.45, 7) is 1.32. The molecule has 0 bridgehead atoms. The van der Waals surface area contributed by atoms with Gasteiger partial charge in [-0.05, 0) is 41.0 Å². The molecule has 6 rings (SSSR count). The predicted molar refractivity (Wildman–Crippen MR) is 165 cm³/mol. The highest BCUT2D eigenvalue weighted by Crippen LogP contribution is 2.43. The third-order valence-corrected chi connectivity index (χ3v) is 7.93. The zero-order valence-electron chi connectivity index (χ0n) is 25.0. The molecule has 3 aromatic carbocycles. The fourth-order valence-electron chi connectivity index (χ4n) is 5.77. The molecular formula is C33H33N5O7. The van der Waals surface area contributed by atoms with Gasteiger partial charge in [-0.1, -0.05) is 54.6 Å². The van der Waals surface area contributed by atoms with Crippen LogP contribution in [0.3, 0.4) is 0 Å². The highest BCUT2D eigenvalue weighted by Gasteiger charge is 2.42. The van der Waals surface area contributed by atoms with Gasteiger partial charge in [0, 0.05) is 13.3 Å². The molecule has 0 saturated carbocycles. The Labute approximate surface area is 258 Å². The van der Waals surface area contributed by atoms with E-state index in [4.69, 9.17) is 18.9 Å². The van der Waals surface area contributed by atoms with Crippen LogP contribution in [0.5, 0.6) is 11.5 Å². The van der Waals surface area contributed by atoms with Gasteiger partial charge in [0.1, 0.15) is 41.3 Å². The molecule has 0 radical (unpaired) electrons. The van der Waals surface area contributed by atoms with Crippen molar-refractivity contribution in [2.75, 3.05) is 26.1 Å². The van der Waals surface area contributed by atoms with Crippen LogP contribution in [-0.4, -0.2) is 63.6 Å². The van der Waals surface area contributed by atoms with Crippen LogP contribution in [0, 0.1) is 0 Å². The molecule has 2 aromatic heterocycles. The summed E-state index contributed by atoms with van der Waals surface area (Å²) in [6.07, 6.45) is -1.22. The van der Waals surface area contributed by atoms with Gasteiger partial charge in [0.2, 0.25) is 5.91 Å². The Morgan fingerprint density at radius 1 is 0.978 bits per heavy atom. The molecule has 12 nitrogen and oxygen atoms in total. The molecule has 0 spiro atoms. The van der Waals surface area contributed by atoms with Crippen LogP contribution in [0.2, 0.25) is 0 Å². The summed E-state index contributed by atoms with van der Waals surface area (Å²) in [7, 11) is 3.22. The highest BCUT2D eigenvalue weighted by atomic mass is 16.6. The van der Waals surface area contributed by atoms with Crippen molar-refractivity contribution in [3.8, 4) is 11.5 Å². The Hall–Kier alpha value is -5.04. The Kier molecular flexibility index (Phi) is 8.35. The van der Waals surface area contributed by atoms with Crippen molar-refractivity contribution < 1.29 is 28.8 Å². The van der Waals surface area contributed by atoms with E-state index in [9.17, 15) is 14.7 Å². The highest BCUT2D eigenvalue weighted by molar-refractivity contribution is 5.95. The average molecular weight is 612 g/mol. The molecule has 3 heterocycles. The summed E-state index contributed by atoms with van der Waals surface area (Å²) in [5, 5.41) is 13.8. The van der Waals surface area contributed by atoms with Gasteiger partial charge >= 0.3 is 5.69 Å². The normalized spacial score (nSPS) is 18.2. The van der Waals surface area contributed by atoms with E-state index in [1.807, 2.05) is 78.9 Å². The van der Waals surface area contributed by atoms with Crippen LogP contribution in [0.1, 0.15) is 36.3 Å². The second-order valence-electron chi connectivity index (χ2n) is 10.6. The minimum atomic E-state index is -1.11. The number of carbonyl (C=O) groups is 1. The molecule has 45 heavy (non-hydrogen) atoms. The van der Waals surface area contributed by atoms with Crippen LogP contribution in [0.15, 0.2) is 90.0 Å². The summed E-state index contributed by atoms with van der Waals surface area (Å²) >= 11 is 0. The number of imidazole rings is 1. The fraction of sp³-hybridized carbons (Fsp3) is 0.273. The number of benzene rings is 3. The number of carbonyl (C=O) groups excluding carboxylic acids is 1. The number of nitrogens with zero attached hydrogens (tertiary/aromatic N) is 3. The number of rotatable bonds is 10. The van der Waals surface area contributed by atoms with Crippen molar-refractivity contribution in [2.24, 2.45) is 0 Å². The molecule has 1 amide bonds. The molecule has 1 aliphatic rings. The predicted octanol–water partition coefficient (Wildman–Crippen LogP) is 3.75. The van der Waals surface area contributed by atoms with Gasteiger partial charge in [0.15, 0.2) is 11.5 Å². The van der Waals surface area contributed by atoms with Crippen molar-refractivity contribution in [1.82, 2.24) is 19.5 Å². The SMILES string of the molecule is COc1ccc(C(OC[C@H]2O[C@@H](n3c(=O)[nH]c4c(NC(C)=O)ncnc43)CC2O)(c2ccccc2)c2ccc(OC)cc2)cc1. The summed E-state index contributed by atoms with van der Waals surface area (Å²) in [6, 6.07) is 25.1. The van der Waals surface area contributed by atoms with Crippen molar-refractivity contribution in [3.05, 3.63) is 112 Å². The van der Waals surface area contributed by atoms with Gasteiger partial charge in [0.25, 0.3) is 0 Å². The Morgan fingerprint density at radius 3 is 2.16 bits per heavy atom. The number of fused-ring (bicyclic) bond motifs is 1. The van der Waals surface area contributed by atoms with Crippen LogP contribution in [-0.2, 0) is 19.9 Å². The van der Waals surface area contributed by atoms with Gasteiger partial charge in [0.05, 0.1) is 26.9 Å². The van der Waals surface area contributed by atoms with E-state index in [2.05, 4.69) is 20.3 Å². The summed E-state index contributed by atoms with van der Waals surface area (Å²) < 4.78 is 25.4. The van der Waals surface area contributed by atoms with Crippen molar-refractivity contribution >= 4 is 22.9 Å². The average Bonchev–Trinajstić information content (AvgIpc) is 3.60. The fourth-order valence-corrected chi connectivity index (χ4v) is 5.77. The van der Waals surface area contributed by atoms with Gasteiger partial charge in [-0.2, -0.15) is 0 Å². The van der Waals surface area contributed by atoms with Crippen molar-refractivity contribution in [1.29, 1.82) is 0 Å².